The first-order chi connectivity index (χ1) is 6.69. The number of aromatic hydroxyl groups is 1. The van der Waals surface area contributed by atoms with Gasteiger partial charge in [0.1, 0.15) is 5.75 Å². The lowest BCUT2D eigenvalue weighted by molar-refractivity contribution is 0.470. The minimum atomic E-state index is 0.326. The Bertz CT molecular complexity index is 336. The molecule has 1 aromatic rings. The molecule has 2 heteroatoms. The molecule has 1 rings (SSSR count). The number of hydrogen-bond donors (Lipinski definition) is 1. The van der Waals surface area contributed by atoms with Gasteiger partial charge in [-0.3, -0.25) is 0 Å². The van der Waals surface area contributed by atoms with Crippen LogP contribution in [0.15, 0.2) is 28.2 Å². The molecule has 0 fully saturated rings. The molecule has 1 aromatic carbocycles. The Kier molecular flexibility index (Phi) is 4.21. The van der Waals surface area contributed by atoms with E-state index < -0.39 is 0 Å². The van der Waals surface area contributed by atoms with Crippen molar-refractivity contribution in [3.8, 4) is 5.75 Å². The van der Waals surface area contributed by atoms with Gasteiger partial charge in [0.2, 0.25) is 0 Å². The van der Waals surface area contributed by atoms with E-state index in [1.807, 2.05) is 18.2 Å². The van der Waals surface area contributed by atoms with Gasteiger partial charge in [-0.05, 0) is 34.8 Å². The van der Waals surface area contributed by atoms with Crippen LogP contribution in [0.4, 0.5) is 0 Å². The third kappa shape index (κ3) is 2.61. The number of phenols is 1. The summed E-state index contributed by atoms with van der Waals surface area (Å²) in [4.78, 5) is 0. The van der Waals surface area contributed by atoms with Crippen molar-refractivity contribution < 1.29 is 5.11 Å². The monoisotopic (exact) mass is 254 g/mol. The summed E-state index contributed by atoms with van der Waals surface area (Å²) in [6.07, 6.45) is 4.12. The number of phenolic OH excluding ortho intramolecular Hbond substituents is 1. The lowest BCUT2D eigenvalue weighted by Gasteiger charge is -2.04. The quantitative estimate of drug-likeness (QED) is 0.850. The maximum absolute atomic E-state index is 9.75. The molecule has 0 radical (unpaired) electrons. The molecule has 0 bridgehead atoms. The van der Waals surface area contributed by atoms with Crippen molar-refractivity contribution in [3.05, 3.63) is 33.8 Å². The van der Waals surface area contributed by atoms with Crippen LogP contribution in [0.25, 0.3) is 6.08 Å². The first-order valence-electron chi connectivity index (χ1n) is 4.86. The lowest BCUT2D eigenvalue weighted by Crippen LogP contribution is -1.81. The zero-order valence-corrected chi connectivity index (χ0v) is 10.1. The van der Waals surface area contributed by atoms with Crippen molar-refractivity contribution in [3.63, 3.8) is 0 Å². The molecular formula is C12H15BrO. The van der Waals surface area contributed by atoms with E-state index in [2.05, 4.69) is 35.9 Å². The predicted molar refractivity (Wildman–Crippen MR) is 64.4 cm³/mol. The molecule has 0 aliphatic rings. The van der Waals surface area contributed by atoms with Crippen LogP contribution in [0.2, 0.25) is 0 Å². The average Bonchev–Trinajstić information content (AvgIpc) is 2.20. The first kappa shape index (κ1) is 11.3. The molecule has 0 amide bonds. The average molecular weight is 255 g/mol. The van der Waals surface area contributed by atoms with Crippen LogP contribution >= 0.6 is 15.9 Å². The number of hydrogen-bond acceptors (Lipinski definition) is 1. The van der Waals surface area contributed by atoms with E-state index in [9.17, 15) is 5.11 Å². The maximum Gasteiger partial charge on any atom is 0.136 e. The number of para-hydroxylation sites is 1. The Morgan fingerprint density at radius 3 is 2.57 bits per heavy atom. The highest BCUT2D eigenvalue weighted by Gasteiger charge is 2.02. The van der Waals surface area contributed by atoms with Gasteiger partial charge in [-0.1, -0.05) is 37.6 Å². The molecule has 76 valence electrons. The van der Waals surface area contributed by atoms with Gasteiger partial charge in [0.05, 0.1) is 4.47 Å². The first-order valence-corrected chi connectivity index (χ1v) is 5.65. The summed E-state index contributed by atoms with van der Waals surface area (Å²) in [5.74, 6) is 0.326. The number of rotatable bonds is 3. The second-order valence-electron chi connectivity index (χ2n) is 3.19. The van der Waals surface area contributed by atoms with E-state index in [1.165, 1.54) is 5.57 Å². The van der Waals surface area contributed by atoms with E-state index in [0.717, 1.165) is 22.9 Å². The van der Waals surface area contributed by atoms with Crippen LogP contribution in [-0.2, 0) is 0 Å². The summed E-state index contributed by atoms with van der Waals surface area (Å²) in [6.45, 7) is 4.26. The van der Waals surface area contributed by atoms with Crippen LogP contribution < -0.4 is 0 Å². The molecule has 0 saturated heterocycles. The molecule has 1 N–H and O–H groups in total. The Balaban J connectivity index is 3.07. The molecule has 0 spiro atoms. The molecule has 0 unspecified atom stereocenters. The molecular weight excluding hydrogens is 240 g/mol. The van der Waals surface area contributed by atoms with Gasteiger partial charge in [0.15, 0.2) is 0 Å². The molecule has 0 saturated carbocycles. The zero-order chi connectivity index (χ0) is 10.6. The van der Waals surface area contributed by atoms with Crippen molar-refractivity contribution in [1.82, 2.24) is 0 Å². The molecule has 0 aliphatic carbocycles. The third-order valence-electron chi connectivity index (χ3n) is 2.29. The van der Waals surface area contributed by atoms with Gasteiger partial charge in [0.25, 0.3) is 0 Å². The van der Waals surface area contributed by atoms with Gasteiger partial charge in [0, 0.05) is 5.56 Å². The fourth-order valence-corrected chi connectivity index (χ4v) is 1.70. The van der Waals surface area contributed by atoms with E-state index in [1.54, 1.807) is 0 Å². The minimum Gasteiger partial charge on any atom is -0.506 e. The SMILES string of the molecule is CCC(=Cc1cccc(Br)c1O)CC. The van der Waals surface area contributed by atoms with Gasteiger partial charge < -0.3 is 5.11 Å². The van der Waals surface area contributed by atoms with Crippen molar-refractivity contribution in [2.75, 3.05) is 0 Å². The third-order valence-corrected chi connectivity index (χ3v) is 2.93. The summed E-state index contributed by atoms with van der Waals surface area (Å²) in [7, 11) is 0. The molecule has 14 heavy (non-hydrogen) atoms. The number of allylic oxidation sites excluding steroid dienone is 1. The second kappa shape index (κ2) is 5.20. The Labute approximate surface area is 93.6 Å². The van der Waals surface area contributed by atoms with E-state index in [4.69, 9.17) is 0 Å². The van der Waals surface area contributed by atoms with Gasteiger partial charge in [-0.2, -0.15) is 0 Å². The van der Waals surface area contributed by atoms with Crippen LogP contribution in [0.3, 0.4) is 0 Å². The fourth-order valence-electron chi connectivity index (χ4n) is 1.32. The number of halogens is 1. The highest BCUT2D eigenvalue weighted by molar-refractivity contribution is 9.10. The zero-order valence-electron chi connectivity index (χ0n) is 8.55. The summed E-state index contributed by atoms with van der Waals surface area (Å²) in [5, 5.41) is 9.75. The summed E-state index contributed by atoms with van der Waals surface area (Å²) < 4.78 is 0.748. The minimum absolute atomic E-state index is 0.326. The van der Waals surface area contributed by atoms with Crippen LogP contribution in [-0.4, -0.2) is 5.11 Å². The van der Waals surface area contributed by atoms with Gasteiger partial charge in [-0.25, -0.2) is 0 Å². The highest BCUT2D eigenvalue weighted by atomic mass is 79.9. The van der Waals surface area contributed by atoms with E-state index >= 15 is 0 Å². The topological polar surface area (TPSA) is 20.2 Å². The highest BCUT2D eigenvalue weighted by Crippen LogP contribution is 2.29. The van der Waals surface area contributed by atoms with E-state index in [0.29, 0.717) is 5.75 Å². The number of benzene rings is 1. The fraction of sp³-hybridized carbons (Fsp3) is 0.333. The van der Waals surface area contributed by atoms with Crippen molar-refractivity contribution in [2.45, 2.75) is 26.7 Å². The molecule has 0 atom stereocenters. The van der Waals surface area contributed by atoms with Crippen molar-refractivity contribution in [1.29, 1.82) is 0 Å². The largest absolute Gasteiger partial charge is 0.506 e. The lowest BCUT2D eigenvalue weighted by atomic mass is 10.1. The van der Waals surface area contributed by atoms with E-state index in [-0.39, 0.29) is 0 Å². The standard InChI is InChI=1S/C12H15BrO/c1-3-9(4-2)8-10-6-5-7-11(13)12(10)14/h5-8,14H,3-4H2,1-2H3. The van der Waals surface area contributed by atoms with Crippen molar-refractivity contribution in [2.24, 2.45) is 0 Å². The Morgan fingerprint density at radius 1 is 1.36 bits per heavy atom. The van der Waals surface area contributed by atoms with Crippen LogP contribution in [0, 0.1) is 0 Å². The summed E-state index contributed by atoms with van der Waals surface area (Å²) in [6, 6.07) is 5.69. The smallest absolute Gasteiger partial charge is 0.136 e. The van der Waals surface area contributed by atoms with Crippen LogP contribution in [0.1, 0.15) is 32.3 Å². The maximum atomic E-state index is 9.75. The molecule has 1 nitrogen and oxygen atoms in total. The van der Waals surface area contributed by atoms with Crippen LogP contribution in [0.5, 0.6) is 5.75 Å². The van der Waals surface area contributed by atoms with Gasteiger partial charge >= 0.3 is 0 Å². The normalized spacial score (nSPS) is 9.93. The Hall–Kier alpha value is -0.760. The predicted octanol–water partition coefficient (Wildman–Crippen LogP) is 4.36. The summed E-state index contributed by atoms with van der Waals surface area (Å²) >= 11 is 3.30. The summed E-state index contributed by atoms with van der Waals surface area (Å²) in [5.41, 5.74) is 2.23. The van der Waals surface area contributed by atoms with Crippen molar-refractivity contribution >= 4 is 22.0 Å². The molecule has 0 aromatic heterocycles. The second-order valence-corrected chi connectivity index (χ2v) is 4.04. The Morgan fingerprint density at radius 2 is 2.00 bits per heavy atom. The molecule has 0 heterocycles. The van der Waals surface area contributed by atoms with Gasteiger partial charge in [-0.15, -0.1) is 0 Å². The molecule has 0 aliphatic heterocycles.